The third-order valence-corrected chi connectivity index (χ3v) is 6.54. The highest BCUT2D eigenvalue weighted by atomic mass is 16.3. The van der Waals surface area contributed by atoms with Crippen LogP contribution >= 0.6 is 0 Å². The van der Waals surface area contributed by atoms with E-state index in [9.17, 15) is 15.0 Å². The van der Waals surface area contributed by atoms with Gasteiger partial charge in [-0.1, -0.05) is 33.6 Å². The smallest absolute Gasteiger partial charge is 0.348 e. The number of nitrogens with zero attached hydrogens (tertiary/aromatic N) is 5. The normalized spacial score (nSPS) is 17.1. The van der Waals surface area contributed by atoms with E-state index in [-0.39, 0.29) is 17.4 Å². The van der Waals surface area contributed by atoms with Crippen molar-refractivity contribution < 1.29 is 10.2 Å². The molecule has 1 atom stereocenters. The van der Waals surface area contributed by atoms with Crippen LogP contribution in [0.25, 0.3) is 11.3 Å². The number of H-pyrrole nitrogens is 1. The van der Waals surface area contributed by atoms with Gasteiger partial charge in [0.2, 0.25) is 0 Å². The van der Waals surface area contributed by atoms with Crippen molar-refractivity contribution in [2.45, 2.75) is 46.5 Å². The Kier molecular flexibility index (Phi) is 9.31. The van der Waals surface area contributed by atoms with Crippen LogP contribution in [0.3, 0.4) is 0 Å². The summed E-state index contributed by atoms with van der Waals surface area (Å²) in [6.45, 7) is 9.97. The van der Waals surface area contributed by atoms with E-state index < -0.39 is 0 Å². The Hall–Kier alpha value is -3.33. The molecule has 1 saturated heterocycles. The number of aromatic nitrogens is 4. The number of likely N-dealkylation sites (N-methyl/N-ethyl adjacent to an activating group) is 1. The molecule has 3 heterocycles. The first kappa shape index (κ1) is 26.3. The summed E-state index contributed by atoms with van der Waals surface area (Å²) < 4.78 is 1.52. The summed E-state index contributed by atoms with van der Waals surface area (Å²) in [5.41, 5.74) is 1.77. The van der Waals surface area contributed by atoms with Crippen LogP contribution in [0.5, 0.6) is 0 Å². The molecule has 0 saturated carbocycles. The molecule has 1 fully saturated rings. The quantitative estimate of drug-likeness (QED) is 0.344. The van der Waals surface area contributed by atoms with Crippen molar-refractivity contribution in [3.63, 3.8) is 0 Å². The van der Waals surface area contributed by atoms with E-state index in [1.54, 1.807) is 6.20 Å². The lowest BCUT2D eigenvalue weighted by atomic mass is 9.91. The molecule has 9 heteroatoms. The van der Waals surface area contributed by atoms with Crippen molar-refractivity contribution >= 4 is 11.4 Å². The Morgan fingerprint density at radius 3 is 2.57 bits per heavy atom. The predicted molar refractivity (Wildman–Crippen MR) is 140 cm³/mol. The van der Waals surface area contributed by atoms with Crippen LogP contribution < -0.4 is 10.6 Å². The maximum Gasteiger partial charge on any atom is 0.348 e. The van der Waals surface area contributed by atoms with E-state index in [1.807, 2.05) is 25.1 Å². The second kappa shape index (κ2) is 12.4. The highest BCUT2D eigenvalue weighted by Gasteiger charge is 2.19. The summed E-state index contributed by atoms with van der Waals surface area (Å²) in [6, 6.07) is 3.83. The van der Waals surface area contributed by atoms with Crippen LogP contribution in [-0.4, -0.2) is 68.1 Å². The third-order valence-electron chi connectivity index (χ3n) is 6.54. The third kappa shape index (κ3) is 6.42. The average molecular weight is 483 g/mol. The highest BCUT2D eigenvalue weighted by Crippen LogP contribution is 2.28. The van der Waals surface area contributed by atoms with Gasteiger partial charge in [0.15, 0.2) is 5.82 Å². The van der Waals surface area contributed by atoms with Crippen molar-refractivity contribution in [2.24, 2.45) is 5.92 Å². The van der Waals surface area contributed by atoms with Gasteiger partial charge in [-0.3, -0.25) is 0 Å². The molecule has 0 spiro atoms. The fourth-order valence-electron chi connectivity index (χ4n) is 4.30. The molecular weight excluding hydrogens is 444 g/mol. The van der Waals surface area contributed by atoms with Crippen molar-refractivity contribution in [3.8, 4) is 5.69 Å². The number of hydrogen-bond donors (Lipinski definition) is 3. The minimum Gasteiger partial charge on any atom is -0.515 e. The molecule has 35 heavy (non-hydrogen) atoms. The first-order valence-corrected chi connectivity index (χ1v) is 12.4. The Bertz CT molecular complexity index is 1100. The van der Waals surface area contributed by atoms with Crippen molar-refractivity contribution in [2.75, 3.05) is 38.1 Å². The summed E-state index contributed by atoms with van der Waals surface area (Å²) in [7, 11) is 2.12. The molecule has 1 unspecified atom stereocenters. The van der Waals surface area contributed by atoms with Gasteiger partial charge >= 0.3 is 5.69 Å². The van der Waals surface area contributed by atoms with Crippen molar-refractivity contribution in [1.82, 2.24) is 24.6 Å². The lowest BCUT2D eigenvalue weighted by Gasteiger charge is -2.33. The number of piperazine rings is 1. The largest absolute Gasteiger partial charge is 0.515 e. The number of allylic oxidation sites excluding steroid dienone is 4. The molecule has 3 N–H and O–H groups in total. The summed E-state index contributed by atoms with van der Waals surface area (Å²) in [4.78, 5) is 21.9. The lowest BCUT2D eigenvalue weighted by molar-refractivity contribution is 0.312. The van der Waals surface area contributed by atoms with E-state index in [0.717, 1.165) is 63.1 Å². The Morgan fingerprint density at radius 2 is 1.97 bits per heavy atom. The Labute approximate surface area is 207 Å². The van der Waals surface area contributed by atoms with Gasteiger partial charge < -0.3 is 20.0 Å². The number of pyridine rings is 1. The van der Waals surface area contributed by atoms with Gasteiger partial charge in [-0.15, -0.1) is 0 Å². The summed E-state index contributed by atoms with van der Waals surface area (Å²) in [5, 5.41) is 26.7. The maximum atomic E-state index is 12.7. The fourth-order valence-corrected chi connectivity index (χ4v) is 4.30. The van der Waals surface area contributed by atoms with E-state index >= 15 is 0 Å². The Balaban J connectivity index is 1.97. The number of aliphatic hydroxyl groups excluding tert-OH is 2. The second-order valence-electron chi connectivity index (χ2n) is 9.08. The number of unbranched alkanes of at least 4 members (excludes halogenated alkanes) is 1. The fraction of sp³-hybridized carbons (Fsp3) is 0.500. The van der Waals surface area contributed by atoms with Crippen LogP contribution in [0.15, 0.2) is 52.9 Å². The molecule has 3 rings (SSSR count). The van der Waals surface area contributed by atoms with Crippen LogP contribution in [0.1, 0.15) is 52.3 Å². The standard InChI is InChI=1S/C26H38N6O3/c1-5-7-8-19(3)22(23(34)11-16-33)17-20(6-2)25-28-29-26(35)32(25)21-9-10-24(27-18-21)31-14-12-30(4)13-15-31/h9-11,16-19,33-34H,5-8,12-15H2,1-4H3,(H,29,35)/b16-11+,20-17+,23-22-. The minimum absolute atomic E-state index is 0.00433. The van der Waals surface area contributed by atoms with Crippen LogP contribution in [0, 0.1) is 5.92 Å². The molecule has 0 aromatic carbocycles. The summed E-state index contributed by atoms with van der Waals surface area (Å²) >= 11 is 0. The molecule has 0 bridgehead atoms. The van der Waals surface area contributed by atoms with Crippen LogP contribution in [0.2, 0.25) is 0 Å². The first-order valence-electron chi connectivity index (χ1n) is 12.4. The SMILES string of the molecule is CCCCC(C)C(/C=C(\CC)c1n[nH]c(=O)n1-c1ccc(N2CCN(C)CC2)nc1)=C(O)/C=C/O. The molecule has 190 valence electrons. The number of hydrogen-bond acceptors (Lipinski definition) is 7. The zero-order valence-electron chi connectivity index (χ0n) is 21.2. The van der Waals surface area contributed by atoms with E-state index in [4.69, 9.17) is 0 Å². The minimum atomic E-state index is -0.350. The van der Waals surface area contributed by atoms with Crippen molar-refractivity contribution in [1.29, 1.82) is 0 Å². The molecule has 2 aromatic rings. The van der Waals surface area contributed by atoms with Gasteiger partial charge in [0.25, 0.3) is 0 Å². The monoisotopic (exact) mass is 482 g/mol. The van der Waals surface area contributed by atoms with Crippen molar-refractivity contribution in [3.05, 3.63) is 64.4 Å². The van der Waals surface area contributed by atoms with Gasteiger partial charge in [0.1, 0.15) is 11.6 Å². The zero-order valence-corrected chi connectivity index (χ0v) is 21.2. The van der Waals surface area contributed by atoms with Gasteiger partial charge in [-0.25, -0.2) is 19.4 Å². The van der Waals surface area contributed by atoms with Crippen LogP contribution in [0.4, 0.5) is 5.82 Å². The Morgan fingerprint density at radius 1 is 1.23 bits per heavy atom. The van der Waals surface area contributed by atoms with Crippen LogP contribution in [-0.2, 0) is 0 Å². The second-order valence-corrected chi connectivity index (χ2v) is 9.08. The predicted octanol–water partition coefficient (Wildman–Crippen LogP) is 4.21. The maximum absolute atomic E-state index is 12.7. The molecule has 1 aliphatic rings. The summed E-state index contributed by atoms with van der Waals surface area (Å²) in [5.74, 6) is 1.44. The van der Waals surface area contributed by atoms with Gasteiger partial charge in [-0.2, -0.15) is 5.10 Å². The molecule has 9 nitrogen and oxygen atoms in total. The topological polar surface area (TPSA) is 111 Å². The molecule has 0 amide bonds. The molecular formula is C26H38N6O3. The zero-order chi connectivity index (χ0) is 25.4. The number of rotatable bonds is 10. The molecule has 0 aliphatic carbocycles. The number of anilines is 1. The molecule has 2 aromatic heterocycles. The molecule has 0 radical (unpaired) electrons. The average Bonchev–Trinajstić information content (AvgIpc) is 3.25. The highest BCUT2D eigenvalue weighted by molar-refractivity contribution is 5.65. The number of nitrogens with one attached hydrogen (secondary N) is 1. The van der Waals surface area contributed by atoms with Gasteiger partial charge in [-0.05, 0) is 55.2 Å². The summed E-state index contributed by atoms with van der Waals surface area (Å²) in [6.07, 6.45) is 9.26. The number of aliphatic hydroxyl groups is 2. The van der Waals surface area contributed by atoms with E-state index in [0.29, 0.717) is 23.5 Å². The molecule has 1 aliphatic heterocycles. The first-order chi connectivity index (χ1) is 16.9. The van der Waals surface area contributed by atoms with E-state index in [2.05, 4.69) is 45.9 Å². The van der Waals surface area contributed by atoms with Gasteiger partial charge in [0, 0.05) is 32.3 Å². The van der Waals surface area contributed by atoms with Gasteiger partial charge in [0.05, 0.1) is 18.1 Å². The van der Waals surface area contributed by atoms with E-state index in [1.165, 1.54) is 10.6 Å². The number of aromatic amines is 1. The lowest BCUT2D eigenvalue weighted by Crippen LogP contribution is -2.44.